The highest BCUT2D eigenvalue weighted by Crippen LogP contribution is 2.33. The molecule has 0 bridgehead atoms. The summed E-state index contributed by atoms with van der Waals surface area (Å²) in [5.74, 6) is -0.963. The highest BCUT2D eigenvalue weighted by Gasteiger charge is 2.41. The fraction of sp³-hybridized carbons (Fsp3) is 0.286. The van der Waals surface area contributed by atoms with Gasteiger partial charge < -0.3 is 9.84 Å². The van der Waals surface area contributed by atoms with E-state index in [1.165, 1.54) is 13.2 Å². The maximum absolute atomic E-state index is 12.3. The molecule has 0 fully saturated rings. The third kappa shape index (κ3) is 2.13. The van der Waals surface area contributed by atoms with E-state index in [1.807, 2.05) is 0 Å². The molecular weight excluding hydrogens is 246 g/mol. The zero-order valence-corrected chi connectivity index (χ0v) is 10.7. The number of methoxy groups -OCH3 is 1. The topological polar surface area (TPSA) is 66.8 Å². The number of rotatable bonds is 3. The minimum absolute atomic E-state index is 0.378. The average Bonchev–Trinajstić information content (AvgIpc) is 2.68. The van der Waals surface area contributed by atoms with Gasteiger partial charge in [-0.2, -0.15) is 0 Å². The second kappa shape index (κ2) is 5.24. The first-order valence-electron chi connectivity index (χ1n) is 5.92. The number of fused-ring (bicyclic) bond motifs is 1. The van der Waals surface area contributed by atoms with Crippen molar-refractivity contribution in [3.05, 3.63) is 47.5 Å². The Bertz CT molecular complexity index is 538. The third-order valence-corrected chi connectivity index (χ3v) is 3.08. The number of hydrogen-bond acceptors (Lipinski definition) is 4. The number of amides is 1. The highest BCUT2D eigenvalue weighted by atomic mass is 16.5. The maximum Gasteiger partial charge on any atom is 0.332 e. The monoisotopic (exact) mass is 261 g/mol. The van der Waals surface area contributed by atoms with Gasteiger partial charge in [-0.3, -0.25) is 9.69 Å². The van der Waals surface area contributed by atoms with E-state index in [9.17, 15) is 14.7 Å². The lowest BCUT2D eigenvalue weighted by atomic mass is 10.1. The zero-order chi connectivity index (χ0) is 14.0. The fourth-order valence-electron chi connectivity index (χ4n) is 2.18. The summed E-state index contributed by atoms with van der Waals surface area (Å²) < 4.78 is 4.68. The van der Waals surface area contributed by atoms with Crippen molar-refractivity contribution < 1.29 is 19.4 Å². The number of carbonyl (C=O) groups excluding carboxylic acids is 2. The van der Waals surface area contributed by atoms with E-state index >= 15 is 0 Å². The Morgan fingerprint density at radius 2 is 2.16 bits per heavy atom. The molecule has 2 atom stereocenters. The van der Waals surface area contributed by atoms with Gasteiger partial charge in [0.05, 0.1) is 7.11 Å². The van der Waals surface area contributed by atoms with Crippen molar-refractivity contribution in [3.8, 4) is 0 Å². The number of nitrogens with zero attached hydrogens (tertiary/aromatic N) is 1. The van der Waals surface area contributed by atoms with Crippen LogP contribution in [-0.4, -0.2) is 35.0 Å². The molecule has 1 aliphatic rings. The number of hydrogen-bond donors (Lipinski definition) is 1. The summed E-state index contributed by atoms with van der Waals surface area (Å²) in [6, 6.07) is 5.83. The molecule has 0 radical (unpaired) electrons. The van der Waals surface area contributed by atoms with E-state index in [4.69, 9.17) is 0 Å². The van der Waals surface area contributed by atoms with Gasteiger partial charge in [-0.15, -0.1) is 0 Å². The molecule has 2 rings (SSSR count). The summed E-state index contributed by atoms with van der Waals surface area (Å²) in [5, 5.41) is 10.2. The molecule has 1 aromatic carbocycles. The molecule has 1 amide bonds. The molecule has 1 aliphatic heterocycles. The molecule has 0 aliphatic carbocycles. The summed E-state index contributed by atoms with van der Waals surface area (Å²) >= 11 is 0. The van der Waals surface area contributed by atoms with Gasteiger partial charge in [0.15, 0.2) is 12.3 Å². The van der Waals surface area contributed by atoms with Crippen LogP contribution in [0.1, 0.15) is 29.1 Å². The second-order valence-corrected chi connectivity index (χ2v) is 4.17. The van der Waals surface area contributed by atoms with Crippen molar-refractivity contribution in [2.24, 2.45) is 0 Å². The van der Waals surface area contributed by atoms with Crippen LogP contribution in [0.3, 0.4) is 0 Å². The highest BCUT2D eigenvalue weighted by molar-refractivity contribution is 6.01. The van der Waals surface area contributed by atoms with Crippen LogP contribution >= 0.6 is 0 Å². The Balaban J connectivity index is 2.42. The molecule has 0 saturated carbocycles. The van der Waals surface area contributed by atoms with Crippen LogP contribution in [0.2, 0.25) is 0 Å². The smallest absolute Gasteiger partial charge is 0.332 e. The third-order valence-electron chi connectivity index (χ3n) is 3.08. The normalized spacial score (nSPS) is 19.6. The lowest BCUT2D eigenvalue weighted by molar-refractivity contribution is -0.147. The van der Waals surface area contributed by atoms with Crippen molar-refractivity contribution in [2.75, 3.05) is 7.11 Å². The van der Waals surface area contributed by atoms with Crippen LogP contribution in [0.5, 0.6) is 0 Å². The van der Waals surface area contributed by atoms with Crippen LogP contribution in [0.25, 0.3) is 0 Å². The average molecular weight is 261 g/mol. The van der Waals surface area contributed by atoms with Crippen molar-refractivity contribution in [2.45, 2.75) is 19.2 Å². The molecule has 0 aromatic heterocycles. The van der Waals surface area contributed by atoms with Gasteiger partial charge >= 0.3 is 5.97 Å². The maximum atomic E-state index is 12.3. The van der Waals surface area contributed by atoms with Gasteiger partial charge in [-0.1, -0.05) is 30.4 Å². The number of benzene rings is 1. The molecule has 1 heterocycles. The molecule has 0 saturated heterocycles. The van der Waals surface area contributed by atoms with E-state index in [0.29, 0.717) is 11.1 Å². The SMILES string of the molecule is CC=C[C@@H](C(=O)OC)N1C(=O)c2ccccc2[C@H]1O. The summed E-state index contributed by atoms with van der Waals surface area (Å²) in [5.41, 5.74) is 0.916. The van der Waals surface area contributed by atoms with Crippen LogP contribution in [0, 0.1) is 0 Å². The minimum Gasteiger partial charge on any atom is -0.467 e. The van der Waals surface area contributed by atoms with E-state index in [0.717, 1.165) is 4.90 Å². The van der Waals surface area contributed by atoms with Crippen molar-refractivity contribution in [3.63, 3.8) is 0 Å². The number of aliphatic hydroxyl groups excluding tert-OH is 1. The Kier molecular flexibility index (Phi) is 3.66. The Morgan fingerprint density at radius 1 is 1.47 bits per heavy atom. The molecule has 5 nitrogen and oxygen atoms in total. The van der Waals surface area contributed by atoms with Crippen molar-refractivity contribution >= 4 is 11.9 Å². The van der Waals surface area contributed by atoms with Crippen LogP contribution in [-0.2, 0) is 9.53 Å². The van der Waals surface area contributed by atoms with Crippen LogP contribution < -0.4 is 0 Å². The number of aliphatic hydroxyl groups is 1. The zero-order valence-electron chi connectivity index (χ0n) is 10.7. The van der Waals surface area contributed by atoms with Gasteiger partial charge in [-0.05, 0) is 13.0 Å². The van der Waals surface area contributed by atoms with Crippen molar-refractivity contribution in [1.29, 1.82) is 0 Å². The molecule has 100 valence electrons. The first kappa shape index (κ1) is 13.3. The molecule has 0 unspecified atom stereocenters. The minimum atomic E-state index is -1.14. The number of esters is 1. The summed E-state index contributed by atoms with van der Waals surface area (Å²) in [6.07, 6.45) is 2.03. The number of ether oxygens (including phenoxy) is 1. The van der Waals surface area contributed by atoms with Gasteiger partial charge in [0.1, 0.15) is 0 Å². The Labute approximate surface area is 111 Å². The lowest BCUT2D eigenvalue weighted by Crippen LogP contribution is -2.42. The van der Waals surface area contributed by atoms with Gasteiger partial charge in [0, 0.05) is 11.1 Å². The molecule has 0 spiro atoms. The molecule has 1 aromatic rings. The predicted molar refractivity (Wildman–Crippen MR) is 68.2 cm³/mol. The van der Waals surface area contributed by atoms with Crippen molar-refractivity contribution in [1.82, 2.24) is 4.90 Å². The number of allylic oxidation sites excluding steroid dienone is 1. The predicted octanol–water partition coefficient (Wildman–Crippen LogP) is 1.25. The van der Waals surface area contributed by atoms with Crippen LogP contribution in [0.15, 0.2) is 36.4 Å². The first-order valence-corrected chi connectivity index (χ1v) is 5.92. The van der Waals surface area contributed by atoms with E-state index in [1.54, 1.807) is 37.3 Å². The van der Waals surface area contributed by atoms with E-state index in [-0.39, 0.29) is 5.91 Å². The fourth-order valence-corrected chi connectivity index (χ4v) is 2.18. The molecular formula is C14H15NO4. The first-order chi connectivity index (χ1) is 9.11. The van der Waals surface area contributed by atoms with Gasteiger partial charge in [-0.25, -0.2) is 4.79 Å². The Hall–Kier alpha value is -2.14. The van der Waals surface area contributed by atoms with E-state index in [2.05, 4.69) is 4.74 Å². The summed E-state index contributed by atoms with van der Waals surface area (Å²) in [6.45, 7) is 1.73. The Morgan fingerprint density at radius 3 is 2.74 bits per heavy atom. The molecule has 5 heteroatoms. The lowest BCUT2D eigenvalue weighted by Gasteiger charge is -2.26. The van der Waals surface area contributed by atoms with Gasteiger partial charge in [0.2, 0.25) is 0 Å². The van der Waals surface area contributed by atoms with Crippen LogP contribution in [0.4, 0.5) is 0 Å². The quantitative estimate of drug-likeness (QED) is 0.657. The molecule has 19 heavy (non-hydrogen) atoms. The summed E-state index contributed by atoms with van der Waals surface area (Å²) in [4.78, 5) is 25.1. The van der Waals surface area contributed by atoms with E-state index < -0.39 is 18.2 Å². The largest absolute Gasteiger partial charge is 0.467 e. The standard InChI is InChI=1S/C14H15NO4/c1-3-6-11(14(18)19-2)15-12(16)9-7-4-5-8-10(9)13(15)17/h3-8,11-12,16H,1-2H3/t11-,12+/m0/s1. The summed E-state index contributed by atoms with van der Waals surface area (Å²) in [7, 11) is 1.25. The van der Waals surface area contributed by atoms with Gasteiger partial charge in [0.25, 0.3) is 5.91 Å². The number of carbonyl (C=O) groups is 2. The second-order valence-electron chi connectivity index (χ2n) is 4.17. The molecule has 1 N–H and O–H groups in total.